The van der Waals surface area contributed by atoms with Gasteiger partial charge in [-0.3, -0.25) is 20.4 Å². The fraction of sp³-hybridized carbons (Fsp3) is 0.565. The highest BCUT2D eigenvalue weighted by Gasteiger charge is 2.51. The van der Waals surface area contributed by atoms with Gasteiger partial charge in [0.1, 0.15) is 0 Å². The lowest BCUT2D eigenvalue weighted by Crippen LogP contribution is -2.50. The van der Waals surface area contributed by atoms with Crippen LogP contribution < -0.4 is 10.9 Å². The number of hydrogen-bond donors (Lipinski definition) is 3. The van der Waals surface area contributed by atoms with Crippen LogP contribution in [-0.2, 0) is 4.79 Å². The van der Waals surface area contributed by atoms with Crippen LogP contribution in [0.3, 0.4) is 0 Å². The van der Waals surface area contributed by atoms with Crippen molar-refractivity contribution in [3.63, 3.8) is 0 Å². The highest BCUT2D eigenvalue weighted by Crippen LogP contribution is 2.61. The molecule has 0 aliphatic heterocycles. The smallest absolute Gasteiger partial charge is 0.269 e. The van der Waals surface area contributed by atoms with Gasteiger partial charge in [0.15, 0.2) is 0 Å². The van der Waals surface area contributed by atoms with E-state index in [1.807, 2.05) is 26.0 Å². The van der Waals surface area contributed by atoms with Crippen LogP contribution in [0.5, 0.6) is 0 Å². The molecule has 4 saturated carbocycles. The van der Waals surface area contributed by atoms with Crippen molar-refractivity contribution in [3.8, 4) is 0 Å². The molecule has 0 unspecified atom stereocenters. The van der Waals surface area contributed by atoms with E-state index < -0.39 is 0 Å². The highest BCUT2D eigenvalue weighted by atomic mass is 16.2. The Kier molecular flexibility index (Phi) is 4.04. The number of rotatable bonds is 3. The van der Waals surface area contributed by atoms with Gasteiger partial charge in [-0.2, -0.15) is 0 Å². The molecular weight excluding hydrogens is 350 g/mol. The first-order chi connectivity index (χ1) is 13.4. The topological polar surface area (TPSA) is 74.0 Å². The minimum absolute atomic E-state index is 0.0509. The van der Waals surface area contributed by atoms with Crippen molar-refractivity contribution >= 4 is 22.7 Å². The summed E-state index contributed by atoms with van der Waals surface area (Å²) in [7, 11) is 0. The second-order valence-corrected chi connectivity index (χ2v) is 9.73. The number of hydrazine groups is 1. The lowest BCUT2D eigenvalue weighted by Gasteiger charge is -2.56. The summed E-state index contributed by atoms with van der Waals surface area (Å²) >= 11 is 0. The summed E-state index contributed by atoms with van der Waals surface area (Å²) in [5.74, 6) is 2.17. The standard InChI is InChI=1S/C23H29N3O2/c1-13-14(2)24-20-4-3-18(8-19(13)20)22(28)26-25-21(27)12-23-9-15-5-16(10-23)7-17(6-15)11-23/h3-4,8,15-17,24H,5-7,9-12H2,1-2H3,(H,25,27)(H,26,28). The first-order valence-corrected chi connectivity index (χ1v) is 10.6. The van der Waals surface area contributed by atoms with Crippen molar-refractivity contribution < 1.29 is 9.59 Å². The van der Waals surface area contributed by atoms with Crippen molar-refractivity contribution in [2.24, 2.45) is 23.2 Å². The number of aromatic amines is 1. The molecule has 1 aromatic heterocycles. The average molecular weight is 380 g/mol. The van der Waals surface area contributed by atoms with E-state index in [9.17, 15) is 9.59 Å². The zero-order valence-corrected chi connectivity index (χ0v) is 16.7. The van der Waals surface area contributed by atoms with Crippen LogP contribution in [0, 0.1) is 37.0 Å². The Hall–Kier alpha value is -2.30. The Labute approximate surface area is 165 Å². The molecule has 4 fully saturated rings. The third-order valence-corrected chi connectivity index (χ3v) is 7.59. The van der Waals surface area contributed by atoms with Gasteiger partial charge in [-0.25, -0.2) is 0 Å². The van der Waals surface area contributed by atoms with E-state index >= 15 is 0 Å². The predicted octanol–water partition coefficient (Wildman–Crippen LogP) is 4.15. The number of fused-ring (bicyclic) bond motifs is 1. The molecule has 5 heteroatoms. The maximum absolute atomic E-state index is 12.6. The van der Waals surface area contributed by atoms with Crippen LogP contribution in [0.25, 0.3) is 10.9 Å². The lowest BCUT2D eigenvalue weighted by molar-refractivity contribution is -0.130. The van der Waals surface area contributed by atoms with Gasteiger partial charge < -0.3 is 4.98 Å². The molecule has 0 radical (unpaired) electrons. The Morgan fingerprint density at radius 1 is 1.04 bits per heavy atom. The molecule has 28 heavy (non-hydrogen) atoms. The summed E-state index contributed by atoms with van der Waals surface area (Å²) in [5.41, 5.74) is 9.33. The SMILES string of the molecule is Cc1[nH]c2ccc(C(=O)NNC(=O)CC34CC5CC(CC(C5)C3)C4)cc2c1C. The van der Waals surface area contributed by atoms with Crippen LogP contribution in [-0.4, -0.2) is 16.8 Å². The molecule has 4 aliphatic carbocycles. The number of carbonyl (C=O) groups excluding carboxylic acids is 2. The molecule has 5 nitrogen and oxygen atoms in total. The lowest BCUT2D eigenvalue weighted by atomic mass is 9.49. The molecule has 4 bridgehead atoms. The van der Waals surface area contributed by atoms with Crippen molar-refractivity contribution in [1.82, 2.24) is 15.8 Å². The largest absolute Gasteiger partial charge is 0.358 e. The van der Waals surface area contributed by atoms with Crippen LogP contribution >= 0.6 is 0 Å². The van der Waals surface area contributed by atoms with E-state index in [0.29, 0.717) is 12.0 Å². The monoisotopic (exact) mass is 379 g/mol. The fourth-order valence-electron chi connectivity index (χ4n) is 6.69. The number of aromatic nitrogens is 1. The minimum Gasteiger partial charge on any atom is -0.358 e. The summed E-state index contributed by atoms with van der Waals surface area (Å²) in [4.78, 5) is 28.5. The van der Waals surface area contributed by atoms with Crippen LogP contribution in [0.4, 0.5) is 0 Å². The first-order valence-electron chi connectivity index (χ1n) is 10.6. The van der Waals surface area contributed by atoms with Gasteiger partial charge in [-0.15, -0.1) is 0 Å². The van der Waals surface area contributed by atoms with Gasteiger partial charge in [0, 0.05) is 28.6 Å². The summed E-state index contributed by atoms with van der Waals surface area (Å²) in [6.45, 7) is 4.07. The van der Waals surface area contributed by atoms with Crippen molar-refractivity contribution in [2.45, 2.75) is 58.8 Å². The number of amides is 2. The van der Waals surface area contributed by atoms with Gasteiger partial charge in [0.25, 0.3) is 5.91 Å². The predicted molar refractivity (Wildman–Crippen MR) is 109 cm³/mol. The van der Waals surface area contributed by atoms with Crippen LogP contribution in [0.2, 0.25) is 0 Å². The first kappa shape index (κ1) is 17.8. The second-order valence-electron chi connectivity index (χ2n) is 9.73. The molecular formula is C23H29N3O2. The average Bonchev–Trinajstić information content (AvgIpc) is 2.92. The molecule has 0 spiro atoms. The minimum atomic E-state index is -0.265. The Bertz CT molecular complexity index is 923. The molecule has 2 aromatic rings. The summed E-state index contributed by atoms with van der Waals surface area (Å²) in [5, 5.41) is 1.05. The quantitative estimate of drug-likeness (QED) is 0.701. The van der Waals surface area contributed by atoms with E-state index in [2.05, 4.69) is 15.8 Å². The van der Waals surface area contributed by atoms with Crippen LogP contribution in [0.1, 0.15) is 66.6 Å². The third kappa shape index (κ3) is 3.01. The molecule has 1 heterocycles. The summed E-state index contributed by atoms with van der Waals surface area (Å²) in [6.07, 6.45) is 8.26. The van der Waals surface area contributed by atoms with Crippen molar-refractivity contribution in [2.75, 3.05) is 0 Å². The summed E-state index contributed by atoms with van der Waals surface area (Å²) in [6, 6.07) is 5.59. The van der Waals surface area contributed by atoms with Gasteiger partial charge in [-0.1, -0.05) is 0 Å². The zero-order valence-electron chi connectivity index (χ0n) is 16.7. The maximum Gasteiger partial charge on any atom is 0.269 e. The Morgan fingerprint density at radius 2 is 1.68 bits per heavy atom. The summed E-state index contributed by atoms with van der Waals surface area (Å²) < 4.78 is 0. The van der Waals surface area contributed by atoms with Gasteiger partial charge in [0.2, 0.25) is 5.91 Å². The molecule has 0 saturated heterocycles. The van der Waals surface area contributed by atoms with E-state index in [0.717, 1.165) is 39.9 Å². The fourth-order valence-corrected chi connectivity index (χ4v) is 6.69. The van der Waals surface area contributed by atoms with Gasteiger partial charge >= 0.3 is 0 Å². The Balaban J connectivity index is 1.22. The number of H-pyrrole nitrogens is 1. The van der Waals surface area contributed by atoms with Gasteiger partial charge in [-0.05, 0) is 99.3 Å². The van der Waals surface area contributed by atoms with Crippen LogP contribution in [0.15, 0.2) is 18.2 Å². The number of aryl methyl sites for hydroxylation is 2. The molecule has 4 aliphatic rings. The molecule has 0 atom stereocenters. The van der Waals surface area contributed by atoms with E-state index in [1.165, 1.54) is 38.5 Å². The highest BCUT2D eigenvalue weighted by molar-refractivity contribution is 5.99. The molecule has 2 amide bonds. The molecule has 3 N–H and O–H groups in total. The molecule has 6 rings (SSSR count). The number of carbonyl (C=O) groups is 2. The second kappa shape index (κ2) is 6.36. The van der Waals surface area contributed by atoms with E-state index in [4.69, 9.17) is 0 Å². The molecule has 148 valence electrons. The zero-order chi connectivity index (χ0) is 19.5. The number of benzene rings is 1. The maximum atomic E-state index is 12.6. The number of nitrogens with one attached hydrogen (secondary N) is 3. The van der Waals surface area contributed by atoms with Crippen molar-refractivity contribution in [3.05, 3.63) is 35.0 Å². The normalized spacial score (nSPS) is 30.6. The van der Waals surface area contributed by atoms with Gasteiger partial charge in [0.05, 0.1) is 0 Å². The van der Waals surface area contributed by atoms with E-state index in [-0.39, 0.29) is 17.2 Å². The Morgan fingerprint density at radius 3 is 2.32 bits per heavy atom. The molecule has 1 aromatic carbocycles. The van der Waals surface area contributed by atoms with Crippen molar-refractivity contribution in [1.29, 1.82) is 0 Å². The third-order valence-electron chi connectivity index (χ3n) is 7.59. The number of hydrogen-bond acceptors (Lipinski definition) is 2. The van der Waals surface area contributed by atoms with E-state index in [1.54, 1.807) is 6.07 Å².